The minimum absolute atomic E-state index is 0.126. The first-order valence-electron chi connectivity index (χ1n) is 6.62. The lowest BCUT2D eigenvalue weighted by molar-refractivity contribution is 0.0953. The molecule has 8 heteroatoms. The molecular weight excluding hydrogens is 272 g/mol. The third-order valence-corrected chi connectivity index (χ3v) is 2.79. The number of benzene rings is 1. The Kier molecular flexibility index (Phi) is 5.80. The van der Waals surface area contributed by atoms with Crippen LogP contribution in [0.5, 0.6) is 0 Å². The maximum absolute atomic E-state index is 12.0. The van der Waals surface area contributed by atoms with Gasteiger partial charge in [-0.2, -0.15) is 0 Å². The summed E-state index contributed by atoms with van der Waals surface area (Å²) < 4.78 is 6.42. The van der Waals surface area contributed by atoms with E-state index >= 15 is 0 Å². The Bertz CT molecular complexity index is 558. The van der Waals surface area contributed by atoms with E-state index in [1.54, 1.807) is 25.3 Å². The van der Waals surface area contributed by atoms with Crippen molar-refractivity contribution in [1.82, 2.24) is 30.8 Å². The summed E-state index contributed by atoms with van der Waals surface area (Å²) in [5, 5.41) is 16.9. The van der Waals surface area contributed by atoms with Gasteiger partial charge in [-0.25, -0.2) is 4.68 Å². The molecule has 2 aromatic rings. The Morgan fingerprint density at radius 1 is 1.33 bits per heavy atom. The molecular formula is C13H18N6O2. The molecule has 0 aliphatic heterocycles. The molecule has 0 saturated heterocycles. The van der Waals surface area contributed by atoms with Crippen LogP contribution in [0.2, 0.25) is 0 Å². The fourth-order valence-corrected chi connectivity index (χ4v) is 1.73. The van der Waals surface area contributed by atoms with Gasteiger partial charge in [0.1, 0.15) is 6.33 Å². The van der Waals surface area contributed by atoms with Gasteiger partial charge in [0, 0.05) is 32.3 Å². The van der Waals surface area contributed by atoms with Gasteiger partial charge in [-0.05, 0) is 28.6 Å². The summed E-state index contributed by atoms with van der Waals surface area (Å²) in [6.07, 6.45) is 1.48. The van der Waals surface area contributed by atoms with Crippen molar-refractivity contribution in [3.05, 3.63) is 36.2 Å². The highest BCUT2D eigenvalue weighted by atomic mass is 16.5. The van der Waals surface area contributed by atoms with Gasteiger partial charge < -0.3 is 15.4 Å². The maximum Gasteiger partial charge on any atom is 0.251 e. The van der Waals surface area contributed by atoms with Crippen LogP contribution in [0.15, 0.2) is 30.6 Å². The van der Waals surface area contributed by atoms with E-state index in [2.05, 4.69) is 26.2 Å². The van der Waals surface area contributed by atoms with Crippen molar-refractivity contribution in [3.8, 4) is 5.69 Å². The molecule has 1 heterocycles. The van der Waals surface area contributed by atoms with Gasteiger partial charge in [0.05, 0.1) is 12.3 Å². The molecule has 2 N–H and O–H groups in total. The highest BCUT2D eigenvalue weighted by molar-refractivity contribution is 5.94. The highest BCUT2D eigenvalue weighted by Gasteiger charge is 2.06. The van der Waals surface area contributed by atoms with Crippen molar-refractivity contribution >= 4 is 5.91 Å². The number of rotatable bonds is 8. The van der Waals surface area contributed by atoms with E-state index in [-0.39, 0.29) is 5.91 Å². The Morgan fingerprint density at radius 2 is 2.24 bits per heavy atom. The number of ether oxygens (including phenoxy) is 1. The third-order valence-electron chi connectivity index (χ3n) is 2.79. The largest absolute Gasteiger partial charge is 0.383 e. The van der Waals surface area contributed by atoms with Crippen molar-refractivity contribution in [2.75, 3.05) is 33.4 Å². The van der Waals surface area contributed by atoms with Crippen LogP contribution in [-0.4, -0.2) is 59.5 Å². The highest BCUT2D eigenvalue weighted by Crippen LogP contribution is 2.08. The van der Waals surface area contributed by atoms with Gasteiger partial charge in [0.25, 0.3) is 5.91 Å². The topological polar surface area (TPSA) is 94.0 Å². The Balaban J connectivity index is 1.84. The molecule has 8 nitrogen and oxygen atoms in total. The molecule has 0 unspecified atom stereocenters. The second kappa shape index (κ2) is 8.08. The maximum atomic E-state index is 12.0. The summed E-state index contributed by atoms with van der Waals surface area (Å²) in [6, 6.07) is 7.12. The number of carbonyl (C=O) groups excluding carboxylic acids is 1. The van der Waals surface area contributed by atoms with Crippen LogP contribution in [-0.2, 0) is 4.74 Å². The number of carbonyl (C=O) groups is 1. The Morgan fingerprint density at radius 3 is 3.00 bits per heavy atom. The van der Waals surface area contributed by atoms with Crippen LogP contribution in [0.25, 0.3) is 5.69 Å². The summed E-state index contributed by atoms with van der Waals surface area (Å²) in [7, 11) is 1.65. The standard InChI is InChI=1S/C13H18N6O2/c1-21-8-7-14-5-6-15-13(20)11-3-2-4-12(9-11)19-10-16-17-18-19/h2-4,9-10,14H,5-8H2,1H3,(H,15,20). The van der Waals surface area contributed by atoms with Crippen LogP contribution < -0.4 is 10.6 Å². The lowest BCUT2D eigenvalue weighted by Crippen LogP contribution is -2.33. The number of amides is 1. The molecule has 1 aromatic carbocycles. The molecule has 0 saturated carbocycles. The van der Waals surface area contributed by atoms with Crippen LogP contribution in [0.3, 0.4) is 0 Å². The molecule has 0 aliphatic rings. The second-order valence-corrected chi connectivity index (χ2v) is 4.30. The minimum atomic E-state index is -0.126. The van der Waals surface area contributed by atoms with Gasteiger partial charge in [0.15, 0.2) is 0 Å². The number of nitrogens with one attached hydrogen (secondary N) is 2. The van der Waals surface area contributed by atoms with Crippen molar-refractivity contribution in [2.45, 2.75) is 0 Å². The molecule has 21 heavy (non-hydrogen) atoms. The van der Waals surface area contributed by atoms with Crippen molar-refractivity contribution in [1.29, 1.82) is 0 Å². The molecule has 0 spiro atoms. The molecule has 0 fully saturated rings. The fourth-order valence-electron chi connectivity index (χ4n) is 1.73. The Labute approximate surface area is 122 Å². The van der Waals surface area contributed by atoms with Gasteiger partial charge in [0.2, 0.25) is 0 Å². The number of nitrogens with zero attached hydrogens (tertiary/aromatic N) is 4. The smallest absolute Gasteiger partial charge is 0.251 e. The fraction of sp³-hybridized carbons (Fsp3) is 0.385. The summed E-state index contributed by atoms with van der Waals surface area (Å²) in [6.45, 7) is 2.67. The number of tetrazole rings is 1. The Hall–Kier alpha value is -2.32. The van der Waals surface area contributed by atoms with Crippen LogP contribution in [0.1, 0.15) is 10.4 Å². The number of hydrogen-bond donors (Lipinski definition) is 2. The third kappa shape index (κ3) is 4.62. The number of methoxy groups -OCH3 is 1. The van der Waals surface area contributed by atoms with E-state index in [9.17, 15) is 4.79 Å². The number of hydrogen-bond acceptors (Lipinski definition) is 6. The van der Waals surface area contributed by atoms with Crippen molar-refractivity contribution in [3.63, 3.8) is 0 Å². The second-order valence-electron chi connectivity index (χ2n) is 4.30. The predicted octanol–water partition coefficient (Wildman–Crippen LogP) is -0.372. The molecule has 2 rings (SSSR count). The summed E-state index contributed by atoms with van der Waals surface area (Å²) in [5.74, 6) is -0.126. The first-order valence-corrected chi connectivity index (χ1v) is 6.62. The summed E-state index contributed by atoms with van der Waals surface area (Å²) in [5.41, 5.74) is 1.31. The van der Waals surface area contributed by atoms with Crippen LogP contribution >= 0.6 is 0 Å². The van der Waals surface area contributed by atoms with E-state index in [0.29, 0.717) is 25.3 Å². The van der Waals surface area contributed by atoms with Crippen LogP contribution in [0, 0.1) is 0 Å². The molecule has 0 atom stereocenters. The monoisotopic (exact) mass is 290 g/mol. The molecule has 0 aliphatic carbocycles. The normalized spacial score (nSPS) is 10.5. The van der Waals surface area contributed by atoms with E-state index in [1.165, 1.54) is 11.0 Å². The van der Waals surface area contributed by atoms with Gasteiger partial charge in [-0.15, -0.1) is 5.10 Å². The quantitative estimate of drug-likeness (QED) is 0.644. The first-order chi connectivity index (χ1) is 10.3. The van der Waals surface area contributed by atoms with E-state index in [0.717, 1.165) is 12.2 Å². The molecule has 0 radical (unpaired) electrons. The lowest BCUT2D eigenvalue weighted by Gasteiger charge is -2.07. The van der Waals surface area contributed by atoms with Gasteiger partial charge in [-0.1, -0.05) is 6.07 Å². The van der Waals surface area contributed by atoms with Gasteiger partial charge >= 0.3 is 0 Å². The number of aromatic nitrogens is 4. The average Bonchev–Trinajstić information content (AvgIpc) is 3.05. The first kappa shape index (κ1) is 15.1. The molecule has 1 aromatic heterocycles. The summed E-state index contributed by atoms with van der Waals surface area (Å²) >= 11 is 0. The van der Waals surface area contributed by atoms with E-state index < -0.39 is 0 Å². The molecule has 0 bridgehead atoms. The van der Waals surface area contributed by atoms with E-state index in [1.807, 2.05) is 6.07 Å². The zero-order chi connectivity index (χ0) is 14.9. The van der Waals surface area contributed by atoms with E-state index in [4.69, 9.17) is 4.74 Å². The zero-order valence-corrected chi connectivity index (χ0v) is 11.8. The summed E-state index contributed by atoms with van der Waals surface area (Å²) in [4.78, 5) is 12.0. The average molecular weight is 290 g/mol. The van der Waals surface area contributed by atoms with Crippen LogP contribution in [0.4, 0.5) is 0 Å². The predicted molar refractivity (Wildman–Crippen MR) is 76.2 cm³/mol. The van der Waals surface area contributed by atoms with Crippen molar-refractivity contribution in [2.24, 2.45) is 0 Å². The minimum Gasteiger partial charge on any atom is -0.383 e. The van der Waals surface area contributed by atoms with Crippen molar-refractivity contribution < 1.29 is 9.53 Å². The lowest BCUT2D eigenvalue weighted by atomic mass is 10.2. The molecule has 1 amide bonds. The molecule has 112 valence electrons. The van der Waals surface area contributed by atoms with Gasteiger partial charge in [-0.3, -0.25) is 4.79 Å². The SMILES string of the molecule is COCCNCCNC(=O)c1cccc(-n2cnnn2)c1. The zero-order valence-electron chi connectivity index (χ0n) is 11.8.